The summed E-state index contributed by atoms with van der Waals surface area (Å²) in [6.07, 6.45) is 3.59. The van der Waals surface area contributed by atoms with Gasteiger partial charge in [-0.25, -0.2) is 5.43 Å². The highest BCUT2D eigenvalue weighted by atomic mass is 16.5. The molecule has 0 aliphatic carbocycles. The number of aryl methyl sites for hydroxylation is 3. The molecule has 3 aromatic carbocycles. The van der Waals surface area contributed by atoms with Crippen molar-refractivity contribution in [2.24, 2.45) is 5.10 Å². The van der Waals surface area contributed by atoms with Crippen LogP contribution in [0.4, 0.5) is 0 Å². The average Bonchev–Trinajstić information content (AvgIpc) is 2.85. The second kappa shape index (κ2) is 13.2. The maximum Gasteiger partial charge on any atom is 0.240 e. The van der Waals surface area contributed by atoms with Crippen molar-refractivity contribution in [2.45, 2.75) is 46.6 Å². The SMILES string of the molecule is CCOc1cc(/C=N\NC(=O)CCCc2ccc(OC)cc2C)ccc1OCc1cccc(C)c1. The molecule has 35 heavy (non-hydrogen) atoms. The number of hydrogen-bond acceptors (Lipinski definition) is 5. The highest BCUT2D eigenvalue weighted by Gasteiger charge is 2.07. The molecule has 0 saturated heterocycles. The van der Waals surface area contributed by atoms with Crippen molar-refractivity contribution in [1.82, 2.24) is 5.43 Å². The summed E-state index contributed by atoms with van der Waals surface area (Å²) >= 11 is 0. The zero-order valence-electron chi connectivity index (χ0n) is 21.0. The molecule has 6 heteroatoms. The fourth-order valence-corrected chi connectivity index (χ4v) is 3.71. The Labute approximate surface area is 207 Å². The topological polar surface area (TPSA) is 69.2 Å². The van der Waals surface area contributed by atoms with Crippen molar-refractivity contribution in [1.29, 1.82) is 0 Å². The van der Waals surface area contributed by atoms with Gasteiger partial charge in [0.05, 0.1) is 19.9 Å². The smallest absolute Gasteiger partial charge is 0.240 e. The first-order chi connectivity index (χ1) is 17.0. The number of rotatable bonds is 12. The Morgan fingerprint density at radius 2 is 1.86 bits per heavy atom. The number of ether oxygens (including phenoxy) is 3. The van der Waals surface area contributed by atoms with Gasteiger partial charge >= 0.3 is 0 Å². The molecule has 0 aliphatic rings. The van der Waals surface area contributed by atoms with Gasteiger partial charge in [0.1, 0.15) is 12.4 Å². The lowest BCUT2D eigenvalue weighted by Gasteiger charge is -2.13. The summed E-state index contributed by atoms with van der Waals surface area (Å²) in [5.74, 6) is 2.04. The van der Waals surface area contributed by atoms with E-state index in [1.165, 1.54) is 16.7 Å². The minimum atomic E-state index is -0.115. The van der Waals surface area contributed by atoms with Gasteiger partial charge in [-0.2, -0.15) is 5.10 Å². The number of carbonyl (C=O) groups excluding carboxylic acids is 1. The molecular formula is C29H34N2O4. The van der Waals surface area contributed by atoms with E-state index >= 15 is 0 Å². The third-order valence-electron chi connectivity index (χ3n) is 5.55. The first-order valence-electron chi connectivity index (χ1n) is 11.9. The van der Waals surface area contributed by atoms with E-state index in [0.29, 0.717) is 31.1 Å². The molecule has 0 saturated carbocycles. The van der Waals surface area contributed by atoms with E-state index in [0.717, 1.165) is 29.7 Å². The molecule has 3 rings (SSSR count). The molecule has 0 aromatic heterocycles. The molecule has 0 spiro atoms. The van der Waals surface area contributed by atoms with Crippen LogP contribution in [0.5, 0.6) is 17.2 Å². The van der Waals surface area contributed by atoms with Gasteiger partial charge in [-0.1, -0.05) is 35.9 Å². The quantitative estimate of drug-likeness (QED) is 0.268. The molecule has 0 aliphatic heterocycles. The van der Waals surface area contributed by atoms with Gasteiger partial charge < -0.3 is 14.2 Å². The Balaban J connectivity index is 1.50. The standard InChI is InChI=1S/C29H34N2O4/c1-5-34-28-18-23(12-15-27(28)35-20-24-9-6-8-21(2)16-24)19-30-31-29(32)11-7-10-25-13-14-26(33-4)17-22(25)3/h6,8-9,12-19H,5,7,10-11,20H2,1-4H3,(H,31,32)/b30-19-. The van der Waals surface area contributed by atoms with Gasteiger partial charge in [0, 0.05) is 6.42 Å². The molecule has 184 valence electrons. The van der Waals surface area contributed by atoms with Crippen LogP contribution in [0.1, 0.15) is 47.6 Å². The second-order valence-electron chi connectivity index (χ2n) is 8.36. The third-order valence-corrected chi connectivity index (χ3v) is 5.55. The first-order valence-corrected chi connectivity index (χ1v) is 11.9. The van der Waals surface area contributed by atoms with Crippen LogP contribution in [-0.2, 0) is 17.8 Å². The molecule has 0 heterocycles. The van der Waals surface area contributed by atoms with Crippen LogP contribution in [0.3, 0.4) is 0 Å². The minimum absolute atomic E-state index is 0.115. The van der Waals surface area contributed by atoms with Crippen LogP contribution in [0.25, 0.3) is 0 Å². The molecule has 0 atom stereocenters. The number of nitrogens with one attached hydrogen (secondary N) is 1. The summed E-state index contributed by atoms with van der Waals surface area (Å²) in [5.41, 5.74) is 8.10. The fourth-order valence-electron chi connectivity index (χ4n) is 3.71. The zero-order valence-corrected chi connectivity index (χ0v) is 21.0. The summed E-state index contributed by atoms with van der Waals surface area (Å²) in [6, 6.07) is 19.8. The lowest BCUT2D eigenvalue weighted by atomic mass is 10.0. The van der Waals surface area contributed by atoms with E-state index in [2.05, 4.69) is 42.6 Å². The van der Waals surface area contributed by atoms with Crippen molar-refractivity contribution in [3.05, 3.63) is 88.5 Å². The summed E-state index contributed by atoms with van der Waals surface area (Å²) in [7, 11) is 1.66. The number of benzene rings is 3. The zero-order chi connectivity index (χ0) is 25.0. The van der Waals surface area contributed by atoms with Crippen LogP contribution in [0.2, 0.25) is 0 Å². The lowest BCUT2D eigenvalue weighted by molar-refractivity contribution is -0.121. The van der Waals surface area contributed by atoms with E-state index in [-0.39, 0.29) is 5.91 Å². The van der Waals surface area contributed by atoms with Crippen molar-refractivity contribution in [3.63, 3.8) is 0 Å². The molecule has 0 fully saturated rings. The van der Waals surface area contributed by atoms with E-state index in [1.807, 2.05) is 49.4 Å². The summed E-state index contributed by atoms with van der Waals surface area (Å²) in [4.78, 5) is 12.2. The van der Waals surface area contributed by atoms with Gasteiger partial charge in [-0.15, -0.1) is 0 Å². The minimum Gasteiger partial charge on any atom is -0.497 e. The van der Waals surface area contributed by atoms with E-state index in [4.69, 9.17) is 14.2 Å². The molecule has 1 N–H and O–H groups in total. The van der Waals surface area contributed by atoms with Crippen molar-refractivity contribution in [3.8, 4) is 17.2 Å². The number of amides is 1. The van der Waals surface area contributed by atoms with Crippen LogP contribution >= 0.6 is 0 Å². The fraction of sp³-hybridized carbons (Fsp3) is 0.310. The molecular weight excluding hydrogens is 440 g/mol. The van der Waals surface area contributed by atoms with Crippen LogP contribution in [0.15, 0.2) is 65.8 Å². The molecule has 0 bridgehead atoms. The number of carbonyl (C=O) groups is 1. The maximum atomic E-state index is 12.2. The number of nitrogens with zero attached hydrogens (tertiary/aromatic N) is 1. The van der Waals surface area contributed by atoms with Gasteiger partial charge in [0.15, 0.2) is 11.5 Å². The van der Waals surface area contributed by atoms with Gasteiger partial charge in [-0.3, -0.25) is 4.79 Å². The molecule has 0 unspecified atom stereocenters. The predicted octanol–water partition coefficient (Wildman–Crippen LogP) is 5.76. The van der Waals surface area contributed by atoms with Crippen molar-refractivity contribution in [2.75, 3.05) is 13.7 Å². The number of hydrogen-bond donors (Lipinski definition) is 1. The van der Waals surface area contributed by atoms with Gasteiger partial charge in [0.25, 0.3) is 0 Å². The highest BCUT2D eigenvalue weighted by Crippen LogP contribution is 2.29. The Kier molecular flexibility index (Phi) is 9.72. The molecule has 3 aromatic rings. The molecule has 1 amide bonds. The summed E-state index contributed by atoms with van der Waals surface area (Å²) in [5, 5.41) is 4.10. The first kappa shape index (κ1) is 25.8. The lowest BCUT2D eigenvalue weighted by Crippen LogP contribution is -2.17. The second-order valence-corrected chi connectivity index (χ2v) is 8.36. The average molecular weight is 475 g/mol. The van der Waals surface area contributed by atoms with Crippen LogP contribution in [0, 0.1) is 13.8 Å². The number of methoxy groups -OCH3 is 1. The largest absolute Gasteiger partial charge is 0.497 e. The van der Waals surface area contributed by atoms with Crippen LogP contribution in [-0.4, -0.2) is 25.8 Å². The third kappa shape index (κ3) is 8.18. The number of hydrazone groups is 1. The Hall–Kier alpha value is -3.80. The Morgan fingerprint density at radius 3 is 2.60 bits per heavy atom. The van der Waals surface area contributed by atoms with E-state index in [1.54, 1.807) is 13.3 Å². The van der Waals surface area contributed by atoms with Gasteiger partial charge in [-0.05, 0) is 86.2 Å². The van der Waals surface area contributed by atoms with E-state index in [9.17, 15) is 4.79 Å². The summed E-state index contributed by atoms with van der Waals surface area (Å²) in [6.45, 7) is 7.02. The normalized spacial score (nSPS) is 10.9. The van der Waals surface area contributed by atoms with Crippen molar-refractivity contribution < 1.29 is 19.0 Å². The van der Waals surface area contributed by atoms with Crippen LogP contribution < -0.4 is 19.6 Å². The predicted molar refractivity (Wildman–Crippen MR) is 140 cm³/mol. The monoisotopic (exact) mass is 474 g/mol. The highest BCUT2D eigenvalue weighted by molar-refractivity contribution is 5.83. The Morgan fingerprint density at radius 1 is 1.00 bits per heavy atom. The molecule has 0 radical (unpaired) electrons. The van der Waals surface area contributed by atoms with Crippen molar-refractivity contribution >= 4 is 12.1 Å². The van der Waals surface area contributed by atoms with Gasteiger partial charge in [0.2, 0.25) is 5.91 Å². The summed E-state index contributed by atoms with van der Waals surface area (Å²) < 4.78 is 17.0. The maximum absolute atomic E-state index is 12.2. The Bertz CT molecular complexity index is 1160. The van der Waals surface area contributed by atoms with E-state index < -0.39 is 0 Å². The molecule has 6 nitrogen and oxygen atoms in total.